The molecule has 0 aliphatic heterocycles. The highest BCUT2D eigenvalue weighted by Gasteiger charge is 2.24. The average Bonchev–Trinajstić information content (AvgIpc) is 2.73. The molecule has 1 aliphatic rings. The molecule has 5 heteroatoms. The zero-order valence-corrected chi connectivity index (χ0v) is 12.0. The second-order valence-electron chi connectivity index (χ2n) is 4.52. The van der Waals surface area contributed by atoms with E-state index in [1.807, 2.05) is 0 Å². The van der Waals surface area contributed by atoms with Gasteiger partial charge in [-0.25, -0.2) is 0 Å². The van der Waals surface area contributed by atoms with Crippen molar-refractivity contribution in [3.8, 4) is 0 Å². The van der Waals surface area contributed by atoms with Crippen molar-refractivity contribution in [1.29, 1.82) is 0 Å². The van der Waals surface area contributed by atoms with Gasteiger partial charge in [0.1, 0.15) is 0 Å². The number of thiophene rings is 1. The fraction of sp³-hybridized carbons (Fsp3) is 0.583. The van der Waals surface area contributed by atoms with Crippen molar-refractivity contribution < 1.29 is 4.79 Å². The summed E-state index contributed by atoms with van der Waals surface area (Å²) in [6.07, 6.45) is 3.96. The summed E-state index contributed by atoms with van der Waals surface area (Å²) in [4.78, 5) is 12.4. The summed E-state index contributed by atoms with van der Waals surface area (Å²) in [5.41, 5.74) is 5.32. The van der Waals surface area contributed by atoms with Gasteiger partial charge in [0.2, 0.25) is 5.91 Å². The van der Waals surface area contributed by atoms with E-state index < -0.39 is 0 Å². The first-order valence-corrected chi connectivity index (χ1v) is 7.58. The normalized spacial score (nSPS) is 24.8. The Balaban J connectivity index is 1.75. The quantitative estimate of drug-likeness (QED) is 0.897. The SMILES string of the molecule is NC(=O)C1CCC(NCc2sccc2Br)CC1. The van der Waals surface area contributed by atoms with E-state index in [2.05, 4.69) is 32.7 Å². The molecule has 3 N–H and O–H groups in total. The third kappa shape index (κ3) is 3.53. The van der Waals surface area contributed by atoms with Crippen molar-refractivity contribution in [2.24, 2.45) is 11.7 Å². The minimum absolute atomic E-state index is 0.0986. The van der Waals surface area contributed by atoms with Crippen LogP contribution in [0.4, 0.5) is 0 Å². The number of nitrogens with one attached hydrogen (secondary N) is 1. The van der Waals surface area contributed by atoms with Crippen LogP contribution in [0.5, 0.6) is 0 Å². The molecule has 17 heavy (non-hydrogen) atoms. The number of carbonyl (C=O) groups is 1. The summed E-state index contributed by atoms with van der Waals surface area (Å²) in [7, 11) is 0. The zero-order valence-electron chi connectivity index (χ0n) is 9.62. The van der Waals surface area contributed by atoms with Crippen molar-refractivity contribution in [3.63, 3.8) is 0 Å². The van der Waals surface area contributed by atoms with Crippen LogP contribution >= 0.6 is 27.3 Å². The molecular formula is C12H17BrN2OS. The Labute approximate surface area is 114 Å². The van der Waals surface area contributed by atoms with Gasteiger partial charge in [0, 0.05) is 27.9 Å². The molecule has 1 fully saturated rings. The largest absolute Gasteiger partial charge is 0.369 e. The Morgan fingerprint density at radius 2 is 2.18 bits per heavy atom. The Bertz CT molecular complexity index is 386. The lowest BCUT2D eigenvalue weighted by atomic mass is 9.85. The number of primary amides is 1. The summed E-state index contributed by atoms with van der Waals surface area (Å²) in [5, 5.41) is 5.64. The van der Waals surface area contributed by atoms with E-state index >= 15 is 0 Å². The van der Waals surface area contributed by atoms with Gasteiger partial charge in [-0.3, -0.25) is 4.79 Å². The molecule has 0 saturated heterocycles. The first-order valence-electron chi connectivity index (χ1n) is 5.91. The standard InChI is InChI=1S/C12H17BrN2OS/c13-10-5-6-17-11(10)7-15-9-3-1-8(2-4-9)12(14)16/h5-6,8-9,15H,1-4,7H2,(H2,14,16). The first kappa shape index (κ1) is 13.1. The van der Waals surface area contributed by atoms with Gasteiger partial charge in [0.15, 0.2) is 0 Å². The van der Waals surface area contributed by atoms with E-state index in [0.717, 1.165) is 32.2 Å². The predicted molar refractivity (Wildman–Crippen MR) is 73.8 cm³/mol. The number of amides is 1. The van der Waals surface area contributed by atoms with Gasteiger partial charge < -0.3 is 11.1 Å². The maximum Gasteiger partial charge on any atom is 0.220 e. The van der Waals surface area contributed by atoms with Crippen molar-refractivity contribution in [2.45, 2.75) is 38.3 Å². The topological polar surface area (TPSA) is 55.1 Å². The van der Waals surface area contributed by atoms with Crippen molar-refractivity contribution >= 4 is 33.2 Å². The van der Waals surface area contributed by atoms with E-state index in [1.54, 1.807) is 11.3 Å². The molecule has 0 aromatic carbocycles. The first-order chi connectivity index (χ1) is 8.16. The van der Waals surface area contributed by atoms with Gasteiger partial charge in [0.05, 0.1) is 0 Å². The van der Waals surface area contributed by atoms with E-state index in [4.69, 9.17) is 5.73 Å². The monoisotopic (exact) mass is 316 g/mol. The molecule has 3 nitrogen and oxygen atoms in total. The van der Waals surface area contributed by atoms with Crippen LogP contribution in [0.1, 0.15) is 30.6 Å². The van der Waals surface area contributed by atoms with E-state index in [1.165, 1.54) is 9.35 Å². The molecule has 1 heterocycles. The molecule has 94 valence electrons. The molecule has 1 aromatic rings. The highest BCUT2D eigenvalue weighted by Crippen LogP contribution is 2.26. The molecule has 0 bridgehead atoms. The van der Waals surface area contributed by atoms with Crippen LogP contribution in [0.2, 0.25) is 0 Å². The maximum atomic E-state index is 11.0. The Hall–Kier alpha value is -0.390. The average molecular weight is 317 g/mol. The van der Waals surface area contributed by atoms with Crippen molar-refractivity contribution in [1.82, 2.24) is 5.32 Å². The van der Waals surface area contributed by atoms with Gasteiger partial charge in [0.25, 0.3) is 0 Å². The van der Waals surface area contributed by atoms with Gasteiger partial charge in [-0.2, -0.15) is 0 Å². The zero-order chi connectivity index (χ0) is 12.3. The smallest absolute Gasteiger partial charge is 0.220 e. The molecule has 2 rings (SSSR count). The van der Waals surface area contributed by atoms with Gasteiger partial charge in [-0.15, -0.1) is 11.3 Å². The van der Waals surface area contributed by atoms with E-state index in [-0.39, 0.29) is 11.8 Å². The van der Waals surface area contributed by atoms with Gasteiger partial charge in [-0.05, 0) is 53.1 Å². The Kier molecular flexibility index (Phi) is 4.59. The van der Waals surface area contributed by atoms with Crippen molar-refractivity contribution in [2.75, 3.05) is 0 Å². The van der Waals surface area contributed by atoms with Gasteiger partial charge >= 0.3 is 0 Å². The lowest BCUT2D eigenvalue weighted by Gasteiger charge is -2.27. The fourth-order valence-corrected chi connectivity index (χ4v) is 3.71. The summed E-state index contributed by atoms with van der Waals surface area (Å²) >= 11 is 5.29. The maximum absolute atomic E-state index is 11.0. The van der Waals surface area contributed by atoms with E-state index in [0.29, 0.717) is 6.04 Å². The molecule has 1 amide bonds. The molecule has 1 aliphatic carbocycles. The third-order valence-electron chi connectivity index (χ3n) is 3.37. The van der Waals surface area contributed by atoms with Crippen LogP contribution in [-0.2, 0) is 11.3 Å². The van der Waals surface area contributed by atoms with Crippen LogP contribution < -0.4 is 11.1 Å². The summed E-state index contributed by atoms with van der Waals surface area (Å²) in [6.45, 7) is 0.907. The number of halogens is 1. The summed E-state index contributed by atoms with van der Waals surface area (Å²) in [5.74, 6) is -0.0361. The van der Waals surface area contributed by atoms with Crippen LogP contribution in [0, 0.1) is 5.92 Å². The molecule has 1 aromatic heterocycles. The molecule has 0 spiro atoms. The minimum Gasteiger partial charge on any atom is -0.369 e. The highest BCUT2D eigenvalue weighted by molar-refractivity contribution is 9.10. The second-order valence-corrected chi connectivity index (χ2v) is 6.38. The van der Waals surface area contributed by atoms with Crippen LogP contribution in [0.15, 0.2) is 15.9 Å². The summed E-state index contributed by atoms with van der Waals surface area (Å²) in [6, 6.07) is 2.60. The number of rotatable bonds is 4. The summed E-state index contributed by atoms with van der Waals surface area (Å²) < 4.78 is 1.18. The van der Waals surface area contributed by atoms with Crippen molar-refractivity contribution in [3.05, 3.63) is 20.8 Å². The second kappa shape index (κ2) is 5.98. The molecule has 0 radical (unpaired) electrons. The third-order valence-corrected chi connectivity index (χ3v) is 5.30. The minimum atomic E-state index is -0.135. The number of carbonyl (C=O) groups excluding carboxylic acids is 1. The van der Waals surface area contributed by atoms with Crippen LogP contribution in [0.3, 0.4) is 0 Å². The molecular weight excluding hydrogens is 300 g/mol. The predicted octanol–water partition coefficient (Wildman–Crippen LogP) is 2.64. The molecule has 0 atom stereocenters. The van der Waals surface area contributed by atoms with E-state index in [9.17, 15) is 4.79 Å². The Morgan fingerprint density at radius 3 is 2.71 bits per heavy atom. The lowest BCUT2D eigenvalue weighted by Crippen LogP contribution is -2.36. The fourth-order valence-electron chi connectivity index (χ4n) is 2.27. The van der Waals surface area contributed by atoms with Gasteiger partial charge in [-0.1, -0.05) is 0 Å². The number of nitrogens with two attached hydrogens (primary N) is 1. The molecule has 1 saturated carbocycles. The molecule has 0 unspecified atom stereocenters. The highest BCUT2D eigenvalue weighted by atomic mass is 79.9. The van der Waals surface area contributed by atoms with Crippen LogP contribution in [-0.4, -0.2) is 11.9 Å². The lowest BCUT2D eigenvalue weighted by molar-refractivity contribution is -0.122. The Morgan fingerprint density at radius 1 is 1.47 bits per heavy atom. The number of hydrogen-bond donors (Lipinski definition) is 2. The number of hydrogen-bond acceptors (Lipinski definition) is 3. The van der Waals surface area contributed by atoms with Crippen LogP contribution in [0.25, 0.3) is 0 Å².